The Bertz CT molecular complexity index is 688. The molecule has 3 nitrogen and oxygen atoms in total. The quantitative estimate of drug-likeness (QED) is 0.636. The van der Waals surface area contributed by atoms with Gasteiger partial charge in [-0.05, 0) is 44.3 Å². The minimum Gasteiger partial charge on any atom is -0.485 e. The lowest BCUT2D eigenvalue weighted by Gasteiger charge is -2.56. The first kappa shape index (κ1) is 13.5. The first-order chi connectivity index (χ1) is 10.7. The molecule has 2 aliphatic carbocycles. The normalized spacial score (nSPS) is 41.2. The first-order valence-corrected chi connectivity index (χ1v) is 9.33. The second kappa shape index (κ2) is 4.31. The van der Waals surface area contributed by atoms with Crippen LogP contribution in [0.25, 0.3) is 0 Å². The molecule has 1 spiro atoms. The van der Waals surface area contributed by atoms with E-state index in [1.165, 1.54) is 16.0 Å². The molecule has 22 heavy (non-hydrogen) atoms. The summed E-state index contributed by atoms with van der Waals surface area (Å²) in [5, 5.41) is 10.6. The van der Waals surface area contributed by atoms with E-state index in [-0.39, 0.29) is 11.5 Å². The summed E-state index contributed by atoms with van der Waals surface area (Å²) < 4.78 is 6.41. The number of aliphatic hydroxyl groups is 1. The van der Waals surface area contributed by atoms with Crippen molar-refractivity contribution in [1.82, 2.24) is 4.90 Å². The molecule has 0 amide bonds. The molecule has 0 radical (unpaired) electrons. The lowest BCUT2D eigenvalue weighted by atomic mass is 9.53. The van der Waals surface area contributed by atoms with Gasteiger partial charge in [0.1, 0.15) is 18.0 Å². The highest BCUT2D eigenvalue weighted by Gasteiger charge is 2.63. The molecule has 2 aliphatic heterocycles. The molecular formula is C18H21NO2S. The Morgan fingerprint density at radius 1 is 1.36 bits per heavy atom. The Labute approximate surface area is 135 Å². The summed E-state index contributed by atoms with van der Waals surface area (Å²) in [5.41, 5.74) is 2.84. The topological polar surface area (TPSA) is 32.7 Å². The molecule has 2 bridgehead atoms. The highest BCUT2D eigenvalue weighted by molar-refractivity contribution is 7.98. The Kier molecular flexibility index (Phi) is 2.64. The summed E-state index contributed by atoms with van der Waals surface area (Å²) >= 11 is 1.75. The van der Waals surface area contributed by atoms with Crippen LogP contribution in [0.2, 0.25) is 0 Å². The highest BCUT2D eigenvalue weighted by atomic mass is 32.2. The number of piperidine rings is 1. The van der Waals surface area contributed by atoms with E-state index in [4.69, 9.17) is 4.74 Å². The predicted octanol–water partition coefficient (Wildman–Crippen LogP) is 2.21. The van der Waals surface area contributed by atoms with Crippen LogP contribution in [0.3, 0.4) is 0 Å². The maximum absolute atomic E-state index is 10.6. The van der Waals surface area contributed by atoms with Crippen molar-refractivity contribution in [3.8, 4) is 5.75 Å². The van der Waals surface area contributed by atoms with Crippen LogP contribution in [-0.4, -0.2) is 48.1 Å². The van der Waals surface area contributed by atoms with Crippen molar-refractivity contribution in [1.29, 1.82) is 0 Å². The molecule has 0 saturated carbocycles. The fraction of sp³-hybridized carbons (Fsp3) is 0.556. The predicted molar refractivity (Wildman–Crippen MR) is 87.7 cm³/mol. The Hall–Kier alpha value is -0.970. The summed E-state index contributed by atoms with van der Waals surface area (Å²) in [7, 11) is 2.24. The van der Waals surface area contributed by atoms with E-state index in [2.05, 4.69) is 36.4 Å². The zero-order chi connectivity index (χ0) is 15.1. The average molecular weight is 315 g/mol. The maximum atomic E-state index is 10.6. The largest absolute Gasteiger partial charge is 0.485 e. The van der Waals surface area contributed by atoms with Gasteiger partial charge in [-0.2, -0.15) is 0 Å². The molecule has 5 rings (SSSR count). The van der Waals surface area contributed by atoms with E-state index in [9.17, 15) is 5.11 Å². The van der Waals surface area contributed by atoms with Crippen LogP contribution in [-0.2, 0) is 11.8 Å². The number of rotatable bonds is 1. The SMILES string of the molecule is CSc1ccc2c3c1O[C@H]1[C@@H](O)C=C[C@H]4[C@@H](C2)N(C)CC[C@@]341. The van der Waals surface area contributed by atoms with Crippen molar-refractivity contribution in [3.63, 3.8) is 0 Å². The van der Waals surface area contributed by atoms with Gasteiger partial charge in [-0.25, -0.2) is 0 Å². The van der Waals surface area contributed by atoms with Crippen LogP contribution in [0.5, 0.6) is 5.75 Å². The van der Waals surface area contributed by atoms with Gasteiger partial charge in [0, 0.05) is 27.8 Å². The number of likely N-dealkylation sites (N-methyl/N-ethyl adjacent to an activating group) is 1. The molecule has 0 unspecified atom stereocenters. The summed E-state index contributed by atoms with van der Waals surface area (Å²) in [6.45, 7) is 1.09. The van der Waals surface area contributed by atoms with Crippen LogP contribution in [0.1, 0.15) is 17.5 Å². The molecule has 1 fully saturated rings. The minimum atomic E-state index is -0.492. The lowest BCUT2D eigenvalue weighted by molar-refractivity contribution is -0.0454. The van der Waals surface area contributed by atoms with Crippen LogP contribution in [0.4, 0.5) is 0 Å². The van der Waals surface area contributed by atoms with Crippen LogP contribution in [0, 0.1) is 5.92 Å². The molecule has 1 aromatic carbocycles. The number of nitrogens with zero attached hydrogens (tertiary/aromatic N) is 1. The smallest absolute Gasteiger partial charge is 0.139 e. The first-order valence-electron chi connectivity index (χ1n) is 8.10. The molecule has 1 aromatic rings. The van der Waals surface area contributed by atoms with E-state index in [0.29, 0.717) is 12.0 Å². The number of hydrogen-bond acceptors (Lipinski definition) is 4. The van der Waals surface area contributed by atoms with Crippen LogP contribution in [0.15, 0.2) is 29.2 Å². The molecule has 2 heterocycles. The second-order valence-corrected chi connectivity index (χ2v) is 7.96. The molecule has 1 N–H and O–H groups in total. The van der Waals surface area contributed by atoms with Gasteiger partial charge in [-0.15, -0.1) is 11.8 Å². The number of thioether (sulfide) groups is 1. The van der Waals surface area contributed by atoms with Crippen molar-refractivity contribution in [3.05, 3.63) is 35.4 Å². The van der Waals surface area contributed by atoms with Gasteiger partial charge < -0.3 is 14.7 Å². The third kappa shape index (κ3) is 1.38. The third-order valence-corrected chi connectivity index (χ3v) is 7.12. The summed E-state index contributed by atoms with van der Waals surface area (Å²) in [5.74, 6) is 1.52. The Morgan fingerprint density at radius 3 is 3.05 bits per heavy atom. The van der Waals surface area contributed by atoms with Crippen LogP contribution < -0.4 is 4.74 Å². The summed E-state index contributed by atoms with van der Waals surface area (Å²) in [6, 6.07) is 5.02. The minimum absolute atomic E-state index is 0.0139. The maximum Gasteiger partial charge on any atom is 0.139 e. The van der Waals surface area contributed by atoms with Gasteiger partial charge in [0.25, 0.3) is 0 Å². The standard InChI is InChI=1S/C18H21NO2S/c1-19-8-7-18-11-4-5-13(20)17(18)21-16-14(22-2)6-3-10(15(16)18)9-12(11)19/h3-6,11-13,17,20H,7-9H2,1-2H3/t11-,12+,13-,17-,18-/m0/s1. The zero-order valence-corrected chi connectivity index (χ0v) is 13.8. The average Bonchev–Trinajstić information content (AvgIpc) is 2.88. The second-order valence-electron chi connectivity index (χ2n) is 7.11. The summed E-state index contributed by atoms with van der Waals surface area (Å²) in [4.78, 5) is 3.71. The molecule has 1 saturated heterocycles. The highest BCUT2D eigenvalue weighted by Crippen LogP contribution is 2.61. The van der Waals surface area contributed by atoms with Gasteiger partial charge in [0.05, 0.1) is 0 Å². The molecule has 0 aromatic heterocycles. The van der Waals surface area contributed by atoms with Crippen molar-refractivity contribution in [2.45, 2.75) is 41.4 Å². The summed E-state index contributed by atoms with van der Waals surface area (Å²) in [6.07, 6.45) is 7.91. The monoisotopic (exact) mass is 315 g/mol. The number of benzene rings is 1. The van der Waals surface area contributed by atoms with Gasteiger partial charge in [0.15, 0.2) is 0 Å². The number of hydrogen-bond donors (Lipinski definition) is 1. The van der Waals surface area contributed by atoms with E-state index >= 15 is 0 Å². The van der Waals surface area contributed by atoms with Crippen molar-refractivity contribution >= 4 is 11.8 Å². The molecule has 4 aliphatic rings. The Balaban J connectivity index is 1.82. The number of likely N-dealkylation sites (tertiary alicyclic amines) is 1. The van der Waals surface area contributed by atoms with Crippen molar-refractivity contribution in [2.24, 2.45) is 5.92 Å². The fourth-order valence-corrected chi connectivity index (χ4v) is 5.93. The molecule has 5 atom stereocenters. The molecule has 116 valence electrons. The van der Waals surface area contributed by atoms with Gasteiger partial charge in [-0.1, -0.05) is 18.2 Å². The van der Waals surface area contributed by atoms with Gasteiger partial charge in [-0.3, -0.25) is 0 Å². The Morgan fingerprint density at radius 2 is 2.23 bits per heavy atom. The van der Waals surface area contributed by atoms with Crippen molar-refractivity contribution < 1.29 is 9.84 Å². The molecular weight excluding hydrogens is 294 g/mol. The lowest BCUT2D eigenvalue weighted by Crippen LogP contribution is -2.64. The van der Waals surface area contributed by atoms with Gasteiger partial charge >= 0.3 is 0 Å². The number of aliphatic hydroxyl groups excluding tert-OH is 1. The van der Waals surface area contributed by atoms with E-state index in [1.54, 1.807) is 11.8 Å². The van der Waals surface area contributed by atoms with E-state index in [0.717, 1.165) is 25.1 Å². The zero-order valence-electron chi connectivity index (χ0n) is 13.0. The van der Waals surface area contributed by atoms with Crippen LogP contribution >= 0.6 is 11.8 Å². The van der Waals surface area contributed by atoms with Crippen molar-refractivity contribution in [2.75, 3.05) is 19.8 Å². The fourth-order valence-electron chi connectivity index (χ4n) is 5.39. The van der Waals surface area contributed by atoms with E-state index in [1.807, 2.05) is 6.08 Å². The molecule has 4 heteroatoms. The van der Waals surface area contributed by atoms with E-state index < -0.39 is 6.10 Å². The third-order valence-electron chi connectivity index (χ3n) is 6.35. The van der Waals surface area contributed by atoms with Gasteiger partial charge in [0.2, 0.25) is 0 Å². The number of ether oxygens (including phenoxy) is 1.